The molecule has 0 bridgehead atoms. The van der Waals surface area contributed by atoms with Gasteiger partial charge in [-0.05, 0) is 34.9 Å². The van der Waals surface area contributed by atoms with Gasteiger partial charge in [-0.3, -0.25) is 14.5 Å². The molecular weight excluding hydrogens is 420 g/mol. The molecule has 2 amide bonds. The van der Waals surface area contributed by atoms with Crippen LogP contribution < -0.4 is 10.6 Å². The average molecular weight is 457 g/mol. The van der Waals surface area contributed by atoms with Crippen molar-refractivity contribution in [3.05, 3.63) is 52.2 Å². The molecule has 2 aromatic rings. The van der Waals surface area contributed by atoms with Crippen LogP contribution in [0.25, 0.3) is 0 Å². The van der Waals surface area contributed by atoms with Gasteiger partial charge in [0.05, 0.1) is 13.1 Å². The van der Waals surface area contributed by atoms with E-state index >= 15 is 0 Å². The van der Waals surface area contributed by atoms with Gasteiger partial charge in [0.1, 0.15) is 0 Å². The van der Waals surface area contributed by atoms with E-state index in [1.807, 2.05) is 29.2 Å². The molecule has 0 radical (unpaired) electrons. The smallest absolute Gasteiger partial charge is 0.238 e. The van der Waals surface area contributed by atoms with Crippen molar-refractivity contribution in [2.24, 2.45) is 5.41 Å². The van der Waals surface area contributed by atoms with Gasteiger partial charge in [-0.1, -0.05) is 52.0 Å². The molecule has 0 aliphatic carbocycles. The summed E-state index contributed by atoms with van der Waals surface area (Å²) in [6.07, 6.45) is 0.883. The molecule has 1 unspecified atom stereocenters. The molecule has 1 atom stereocenters. The first-order valence-electron chi connectivity index (χ1n) is 11.4. The summed E-state index contributed by atoms with van der Waals surface area (Å²) in [6, 6.07) is 12.2. The first-order chi connectivity index (χ1) is 15.3. The fourth-order valence-corrected chi connectivity index (χ4v) is 5.13. The SMILES string of the molecule is CCc1ccccc1NC(=O)CN1CCN(C(=O)CNC(c2cccs2)C(C)(C)C)CC1. The zero-order valence-electron chi connectivity index (χ0n) is 19.7. The molecule has 7 heteroatoms. The summed E-state index contributed by atoms with van der Waals surface area (Å²) < 4.78 is 0. The summed E-state index contributed by atoms with van der Waals surface area (Å²) in [6.45, 7) is 12.1. The van der Waals surface area contributed by atoms with Crippen LogP contribution in [0.1, 0.15) is 44.2 Å². The summed E-state index contributed by atoms with van der Waals surface area (Å²) in [4.78, 5) is 30.6. The second-order valence-electron chi connectivity index (χ2n) is 9.41. The van der Waals surface area contributed by atoms with E-state index in [0.29, 0.717) is 39.3 Å². The number of aryl methyl sites for hydroxylation is 1. The highest BCUT2D eigenvalue weighted by Crippen LogP contribution is 2.34. The van der Waals surface area contributed by atoms with Crippen molar-refractivity contribution < 1.29 is 9.59 Å². The van der Waals surface area contributed by atoms with Crippen molar-refractivity contribution in [3.63, 3.8) is 0 Å². The van der Waals surface area contributed by atoms with Crippen LogP contribution in [0, 0.1) is 5.41 Å². The average Bonchev–Trinajstić information content (AvgIpc) is 3.28. The normalized spacial score (nSPS) is 16.1. The summed E-state index contributed by atoms with van der Waals surface area (Å²) >= 11 is 1.72. The van der Waals surface area contributed by atoms with Crippen molar-refractivity contribution >= 4 is 28.8 Å². The van der Waals surface area contributed by atoms with Gasteiger partial charge in [-0.25, -0.2) is 0 Å². The van der Waals surface area contributed by atoms with Crippen LogP contribution in [0.15, 0.2) is 41.8 Å². The number of nitrogens with one attached hydrogen (secondary N) is 2. The molecular formula is C25H36N4O2S. The molecule has 1 aliphatic rings. The Morgan fingerprint density at radius 1 is 1.06 bits per heavy atom. The molecule has 6 nitrogen and oxygen atoms in total. The Bertz CT molecular complexity index is 884. The number of hydrogen-bond donors (Lipinski definition) is 2. The number of rotatable bonds is 8. The molecule has 1 aliphatic heterocycles. The van der Waals surface area contributed by atoms with Gasteiger partial charge in [0, 0.05) is 42.8 Å². The van der Waals surface area contributed by atoms with Crippen LogP contribution in [0.2, 0.25) is 0 Å². The van der Waals surface area contributed by atoms with Crippen LogP contribution in [0.3, 0.4) is 0 Å². The van der Waals surface area contributed by atoms with E-state index in [0.717, 1.165) is 17.7 Å². The number of carbonyl (C=O) groups excluding carboxylic acids is 2. The van der Waals surface area contributed by atoms with E-state index in [9.17, 15) is 9.59 Å². The van der Waals surface area contributed by atoms with E-state index in [4.69, 9.17) is 0 Å². The molecule has 1 saturated heterocycles. The monoisotopic (exact) mass is 456 g/mol. The Morgan fingerprint density at radius 2 is 1.78 bits per heavy atom. The lowest BCUT2D eigenvalue weighted by atomic mass is 9.86. The Labute approximate surface area is 196 Å². The van der Waals surface area contributed by atoms with Crippen LogP contribution in [-0.4, -0.2) is 60.9 Å². The Hall–Kier alpha value is -2.22. The zero-order chi connectivity index (χ0) is 23.1. The van der Waals surface area contributed by atoms with Crippen LogP contribution >= 0.6 is 11.3 Å². The third kappa shape index (κ3) is 6.64. The third-order valence-corrected chi connectivity index (χ3v) is 6.85. The molecule has 174 valence electrons. The lowest BCUT2D eigenvalue weighted by Gasteiger charge is -2.36. The summed E-state index contributed by atoms with van der Waals surface area (Å²) in [5.41, 5.74) is 2.05. The fourth-order valence-electron chi connectivity index (χ4n) is 4.09. The number of amides is 2. The van der Waals surface area contributed by atoms with E-state index in [-0.39, 0.29) is 23.3 Å². The highest BCUT2D eigenvalue weighted by molar-refractivity contribution is 7.10. The predicted octanol–water partition coefficient (Wildman–Crippen LogP) is 3.77. The Kier molecular flexibility index (Phi) is 8.45. The van der Waals surface area contributed by atoms with Gasteiger partial charge in [0.2, 0.25) is 11.8 Å². The van der Waals surface area contributed by atoms with E-state index in [1.54, 1.807) is 11.3 Å². The lowest BCUT2D eigenvalue weighted by molar-refractivity contribution is -0.132. The molecule has 1 aromatic heterocycles. The van der Waals surface area contributed by atoms with Gasteiger partial charge in [-0.15, -0.1) is 11.3 Å². The minimum Gasteiger partial charge on any atom is -0.339 e. The highest BCUT2D eigenvalue weighted by Gasteiger charge is 2.29. The number of thiophene rings is 1. The number of piperazine rings is 1. The minimum absolute atomic E-state index is 0.00342. The lowest BCUT2D eigenvalue weighted by Crippen LogP contribution is -2.52. The molecule has 1 aromatic carbocycles. The van der Waals surface area contributed by atoms with Crippen LogP contribution in [0.5, 0.6) is 0 Å². The van der Waals surface area contributed by atoms with Crippen LogP contribution in [-0.2, 0) is 16.0 Å². The quantitative estimate of drug-likeness (QED) is 0.635. The van der Waals surface area contributed by atoms with Gasteiger partial charge >= 0.3 is 0 Å². The predicted molar refractivity (Wildman–Crippen MR) is 132 cm³/mol. The van der Waals surface area contributed by atoms with Crippen molar-refractivity contribution in [3.8, 4) is 0 Å². The van der Waals surface area contributed by atoms with Gasteiger partial charge < -0.3 is 15.5 Å². The maximum absolute atomic E-state index is 12.8. The molecule has 3 rings (SSSR count). The number of para-hydroxylation sites is 1. The number of anilines is 1. The largest absolute Gasteiger partial charge is 0.339 e. The molecule has 0 spiro atoms. The van der Waals surface area contributed by atoms with E-state index < -0.39 is 0 Å². The van der Waals surface area contributed by atoms with Gasteiger partial charge in [0.15, 0.2) is 0 Å². The maximum Gasteiger partial charge on any atom is 0.238 e. The first kappa shape index (κ1) is 24.4. The summed E-state index contributed by atoms with van der Waals surface area (Å²) in [5.74, 6) is 0.119. The number of carbonyl (C=O) groups is 2. The third-order valence-electron chi connectivity index (χ3n) is 5.92. The standard InChI is InChI=1S/C25H36N4O2S/c1-5-19-9-6-7-10-20(19)27-22(30)18-28-12-14-29(15-13-28)23(31)17-26-24(25(2,3)4)21-11-8-16-32-21/h6-11,16,24,26H,5,12-15,17-18H2,1-4H3,(H,27,30). The van der Waals surface area contributed by atoms with Crippen molar-refractivity contribution in [1.82, 2.24) is 15.1 Å². The van der Waals surface area contributed by atoms with E-state index in [1.165, 1.54) is 4.88 Å². The summed E-state index contributed by atoms with van der Waals surface area (Å²) in [5, 5.41) is 8.59. The second kappa shape index (κ2) is 11.1. The van der Waals surface area contributed by atoms with E-state index in [2.05, 4.69) is 60.7 Å². The molecule has 32 heavy (non-hydrogen) atoms. The number of hydrogen-bond acceptors (Lipinski definition) is 5. The van der Waals surface area contributed by atoms with Crippen molar-refractivity contribution in [2.75, 3.05) is 44.6 Å². The molecule has 0 saturated carbocycles. The number of benzene rings is 1. The number of nitrogens with zero attached hydrogens (tertiary/aromatic N) is 2. The Balaban J connectivity index is 1.44. The highest BCUT2D eigenvalue weighted by atomic mass is 32.1. The fraction of sp³-hybridized carbons (Fsp3) is 0.520. The van der Waals surface area contributed by atoms with Crippen molar-refractivity contribution in [2.45, 2.75) is 40.2 Å². The van der Waals surface area contributed by atoms with Gasteiger partial charge in [-0.2, -0.15) is 0 Å². The molecule has 1 fully saturated rings. The van der Waals surface area contributed by atoms with Crippen LogP contribution in [0.4, 0.5) is 5.69 Å². The van der Waals surface area contributed by atoms with Crippen molar-refractivity contribution in [1.29, 1.82) is 0 Å². The first-order valence-corrected chi connectivity index (χ1v) is 12.3. The van der Waals surface area contributed by atoms with Gasteiger partial charge in [0.25, 0.3) is 0 Å². The maximum atomic E-state index is 12.8. The topological polar surface area (TPSA) is 64.7 Å². The summed E-state index contributed by atoms with van der Waals surface area (Å²) in [7, 11) is 0. The molecule has 2 heterocycles. The molecule has 2 N–H and O–H groups in total. The zero-order valence-corrected chi connectivity index (χ0v) is 20.5. The minimum atomic E-state index is -0.00342. The Morgan fingerprint density at radius 3 is 2.41 bits per heavy atom. The second-order valence-corrected chi connectivity index (χ2v) is 10.4.